The molecule has 1 fully saturated rings. The summed E-state index contributed by atoms with van der Waals surface area (Å²) in [6.45, 7) is 2.11. The molecular formula is C18H21N3O3S. The summed E-state index contributed by atoms with van der Waals surface area (Å²) in [5.74, 6) is 0.303. The topological polar surface area (TPSA) is 69.7 Å². The number of benzene rings is 2. The van der Waals surface area contributed by atoms with Gasteiger partial charge in [0.1, 0.15) is 6.54 Å². The van der Waals surface area contributed by atoms with E-state index in [1.54, 1.807) is 23.1 Å². The summed E-state index contributed by atoms with van der Waals surface area (Å²) < 4.78 is 27.1. The summed E-state index contributed by atoms with van der Waals surface area (Å²) in [5.41, 5.74) is 0.604. The van der Waals surface area contributed by atoms with Crippen molar-refractivity contribution < 1.29 is 13.2 Å². The van der Waals surface area contributed by atoms with Crippen molar-refractivity contribution in [3.05, 3.63) is 36.4 Å². The Hall–Kier alpha value is -2.12. The number of carbonyl (C=O) groups is 1. The van der Waals surface area contributed by atoms with Crippen LogP contribution in [0.25, 0.3) is 10.8 Å². The third-order valence-corrected chi connectivity index (χ3v) is 6.89. The lowest BCUT2D eigenvalue weighted by molar-refractivity contribution is -0.128. The molecule has 0 saturated carbocycles. The molecule has 1 atom stereocenters. The largest absolute Gasteiger partial charge is 0.341 e. The molecule has 1 amide bonds. The molecule has 0 bridgehead atoms. The Kier molecular flexibility index (Phi) is 3.92. The molecule has 0 radical (unpaired) electrons. The van der Waals surface area contributed by atoms with Crippen LogP contribution in [0.4, 0.5) is 5.69 Å². The maximum atomic E-state index is 12.9. The maximum absolute atomic E-state index is 12.9. The fraction of sp³-hybridized carbons (Fsp3) is 0.389. The summed E-state index contributed by atoms with van der Waals surface area (Å²) in [6.07, 6.45) is 0.954. The van der Waals surface area contributed by atoms with E-state index in [9.17, 15) is 13.2 Å². The molecule has 132 valence electrons. The van der Waals surface area contributed by atoms with Crippen molar-refractivity contribution in [3.63, 3.8) is 0 Å². The zero-order chi connectivity index (χ0) is 17.6. The van der Waals surface area contributed by atoms with E-state index in [-0.39, 0.29) is 12.5 Å². The molecule has 1 N–H and O–H groups in total. The van der Waals surface area contributed by atoms with Gasteiger partial charge in [-0.1, -0.05) is 24.3 Å². The van der Waals surface area contributed by atoms with Crippen molar-refractivity contribution in [2.24, 2.45) is 5.92 Å². The zero-order valence-corrected chi connectivity index (χ0v) is 14.9. The second-order valence-corrected chi connectivity index (χ2v) is 8.53. The average molecular weight is 359 g/mol. The zero-order valence-electron chi connectivity index (χ0n) is 14.1. The van der Waals surface area contributed by atoms with Gasteiger partial charge in [-0.05, 0) is 43.5 Å². The van der Waals surface area contributed by atoms with Gasteiger partial charge in [0.25, 0.3) is 10.0 Å². The molecule has 2 aliphatic heterocycles. The maximum Gasteiger partial charge on any atom is 0.265 e. The normalized spacial score (nSPS) is 21.2. The molecule has 25 heavy (non-hydrogen) atoms. The molecular weight excluding hydrogens is 338 g/mol. The van der Waals surface area contributed by atoms with Crippen LogP contribution in [-0.2, 0) is 14.8 Å². The number of likely N-dealkylation sites (tertiary alicyclic amines) is 1. The number of hydrogen-bond donors (Lipinski definition) is 1. The highest BCUT2D eigenvalue weighted by molar-refractivity contribution is 7.93. The summed E-state index contributed by atoms with van der Waals surface area (Å²) >= 11 is 0. The monoisotopic (exact) mass is 359 g/mol. The first-order chi connectivity index (χ1) is 12.0. The van der Waals surface area contributed by atoms with E-state index in [0.717, 1.165) is 18.4 Å². The number of hydrogen-bond acceptors (Lipinski definition) is 4. The Labute approximate surface area is 147 Å². The van der Waals surface area contributed by atoms with Crippen molar-refractivity contribution in [2.75, 3.05) is 37.5 Å². The van der Waals surface area contributed by atoms with E-state index in [4.69, 9.17) is 0 Å². The molecule has 1 saturated heterocycles. The second kappa shape index (κ2) is 6.00. The Morgan fingerprint density at radius 2 is 2.00 bits per heavy atom. The van der Waals surface area contributed by atoms with Gasteiger partial charge in [0.2, 0.25) is 5.91 Å². The van der Waals surface area contributed by atoms with Crippen LogP contribution in [-0.4, -0.2) is 52.5 Å². The summed E-state index contributed by atoms with van der Waals surface area (Å²) in [5, 5.41) is 4.73. The fourth-order valence-electron chi connectivity index (χ4n) is 3.87. The molecule has 2 aromatic carbocycles. The Balaban J connectivity index is 1.62. The van der Waals surface area contributed by atoms with Gasteiger partial charge in [-0.15, -0.1) is 0 Å². The summed E-state index contributed by atoms with van der Waals surface area (Å²) in [6, 6.07) is 10.8. The lowest BCUT2D eigenvalue weighted by Gasteiger charge is -2.22. The van der Waals surface area contributed by atoms with E-state index in [0.29, 0.717) is 35.0 Å². The van der Waals surface area contributed by atoms with E-state index in [1.165, 1.54) is 4.31 Å². The van der Waals surface area contributed by atoms with Crippen molar-refractivity contribution in [2.45, 2.75) is 11.3 Å². The van der Waals surface area contributed by atoms with Gasteiger partial charge in [-0.2, -0.15) is 0 Å². The molecule has 0 aliphatic carbocycles. The van der Waals surface area contributed by atoms with Gasteiger partial charge in [0.15, 0.2) is 0 Å². The predicted octanol–water partition coefficient (Wildman–Crippen LogP) is 1.42. The Bertz CT molecular complexity index is 936. The quantitative estimate of drug-likeness (QED) is 0.896. The Morgan fingerprint density at radius 1 is 1.24 bits per heavy atom. The molecule has 2 aliphatic rings. The average Bonchev–Trinajstić information content (AvgIpc) is 3.14. The second-order valence-electron chi connectivity index (χ2n) is 6.70. The van der Waals surface area contributed by atoms with Crippen molar-refractivity contribution in [3.8, 4) is 0 Å². The fourth-order valence-corrected chi connectivity index (χ4v) is 5.53. The molecule has 0 spiro atoms. The third-order valence-electron chi connectivity index (χ3n) is 5.09. The first-order valence-electron chi connectivity index (χ1n) is 8.49. The minimum atomic E-state index is -3.67. The van der Waals surface area contributed by atoms with Crippen LogP contribution in [0.2, 0.25) is 0 Å². The number of nitrogens with one attached hydrogen (secondary N) is 1. The molecule has 4 rings (SSSR count). The van der Waals surface area contributed by atoms with Crippen molar-refractivity contribution in [1.82, 2.24) is 10.2 Å². The van der Waals surface area contributed by atoms with Crippen LogP contribution >= 0.6 is 0 Å². The highest BCUT2D eigenvalue weighted by Gasteiger charge is 2.38. The van der Waals surface area contributed by atoms with E-state index in [2.05, 4.69) is 5.32 Å². The van der Waals surface area contributed by atoms with Crippen molar-refractivity contribution >= 4 is 32.4 Å². The van der Waals surface area contributed by atoms with Crippen LogP contribution in [0.3, 0.4) is 0 Å². The molecule has 1 unspecified atom stereocenters. The van der Waals surface area contributed by atoms with Crippen LogP contribution in [0, 0.1) is 5.92 Å². The third kappa shape index (κ3) is 2.58. The van der Waals surface area contributed by atoms with Gasteiger partial charge >= 0.3 is 0 Å². The van der Waals surface area contributed by atoms with E-state index < -0.39 is 10.0 Å². The van der Waals surface area contributed by atoms with Gasteiger partial charge in [0, 0.05) is 18.5 Å². The van der Waals surface area contributed by atoms with Gasteiger partial charge in [-0.25, -0.2) is 8.42 Å². The minimum absolute atomic E-state index is 0.132. The predicted molar refractivity (Wildman–Crippen MR) is 97.1 cm³/mol. The number of amides is 1. The first kappa shape index (κ1) is 16.4. The molecule has 0 aromatic heterocycles. The SMILES string of the molecule is CNCC1CCN(C(=O)CN2c3cccc4cccc(c34)S2(=O)=O)C1. The van der Waals surface area contributed by atoms with E-state index in [1.807, 2.05) is 25.2 Å². The summed E-state index contributed by atoms with van der Waals surface area (Å²) in [7, 11) is -1.77. The smallest absolute Gasteiger partial charge is 0.265 e. The number of rotatable bonds is 4. The molecule has 7 heteroatoms. The lowest BCUT2D eigenvalue weighted by atomic mass is 10.1. The lowest BCUT2D eigenvalue weighted by Crippen LogP contribution is -2.41. The molecule has 2 aromatic rings. The molecule has 2 heterocycles. The minimum Gasteiger partial charge on any atom is -0.341 e. The number of carbonyl (C=O) groups excluding carboxylic acids is 1. The summed E-state index contributed by atoms with van der Waals surface area (Å²) in [4.78, 5) is 14.8. The number of anilines is 1. The van der Waals surface area contributed by atoms with Crippen molar-refractivity contribution in [1.29, 1.82) is 0 Å². The van der Waals surface area contributed by atoms with Gasteiger partial charge in [0.05, 0.1) is 10.6 Å². The number of nitrogens with zero attached hydrogens (tertiary/aromatic N) is 2. The number of sulfonamides is 1. The highest BCUT2D eigenvalue weighted by Crippen LogP contribution is 2.41. The first-order valence-corrected chi connectivity index (χ1v) is 9.93. The van der Waals surface area contributed by atoms with Crippen LogP contribution in [0.1, 0.15) is 6.42 Å². The Morgan fingerprint density at radius 3 is 2.76 bits per heavy atom. The van der Waals surface area contributed by atoms with Gasteiger partial charge < -0.3 is 10.2 Å². The van der Waals surface area contributed by atoms with Crippen LogP contribution in [0.15, 0.2) is 41.3 Å². The standard InChI is InChI=1S/C18H21N3O3S/c1-19-10-13-8-9-20(11-13)17(22)12-21-15-6-2-4-14-5-3-7-16(18(14)15)25(21,23)24/h2-7,13,19H,8-12H2,1H3. The van der Waals surface area contributed by atoms with E-state index >= 15 is 0 Å². The van der Waals surface area contributed by atoms with Crippen LogP contribution in [0.5, 0.6) is 0 Å². The highest BCUT2D eigenvalue weighted by atomic mass is 32.2. The van der Waals surface area contributed by atoms with Crippen LogP contribution < -0.4 is 9.62 Å². The molecule has 6 nitrogen and oxygen atoms in total. The van der Waals surface area contributed by atoms with Gasteiger partial charge in [-0.3, -0.25) is 9.10 Å².